The minimum atomic E-state index is -4.88. The molecule has 5 nitrogen and oxygen atoms in total. The summed E-state index contributed by atoms with van der Waals surface area (Å²) in [7, 11) is 0. The molecule has 0 saturated carbocycles. The highest BCUT2D eigenvalue weighted by molar-refractivity contribution is 6.36. The number of nitrogens with zero attached hydrogens (tertiary/aromatic N) is 2. The van der Waals surface area contributed by atoms with Crippen LogP contribution in [0.25, 0.3) is 0 Å². The SMILES string of the molecule is CCN1CCC(CCN(Cc2c(Cl)cccc2Cl)C(=O)/C(N)=C/C(=N)C(F)(F)F)CC1. The summed E-state index contributed by atoms with van der Waals surface area (Å²) in [5.41, 5.74) is 3.82. The summed E-state index contributed by atoms with van der Waals surface area (Å²) < 4.78 is 38.1. The zero-order valence-corrected chi connectivity index (χ0v) is 18.8. The van der Waals surface area contributed by atoms with Crippen molar-refractivity contribution in [1.82, 2.24) is 9.80 Å². The minimum Gasteiger partial charge on any atom is -0.394 e. The summed E-state index contributed by atoms with van der Waals surface area (Å²) in [6.07, 6.45) is -1.85. The number of benzene rings is 1. The quantitative estimate of drug-likeness (QED) is 0.413. The first kappa shape index (κ1) is 25.5. The van der Waals surface area contributed by atoms with E-state index in [1.54, 1.807) is 18.2 Å². The van der Waals surface area contributed by atoms with Gasteiger partial charge in [0.2, 0.25) is 0 Å². The van der Waals surface area contributed by atoms with Crippen molar-refractivity contribution >= 4 is 34.8 Å². The predicted molar refractivity (Wildman–Crippen MR) is 117 cm³/mol. The molecule has 1 aliphatic rings. The lowest BCUT2D eigenvalue weighted by atomic mass is 9.93. The summed E-state index contributed by atoms with van der Waals surface area (Å²) >= 11 is 12.5. The Kier molecular flexibility index (Phi) is 9.21. The number of amides is 1. The van der Waals surface area contributed by atoms with Crippen molar-refractivity contribution in [2.75, 3.05) is 26.2 Å². The van der Waals surface area contributed by atoms with Crippen molar-refractivity contribution in [2.24, 2.45) is 11.7 Å². The molecule has 0 spiro atoms. The minimum absolute atomic E-state index is 0.0129. The Morgan fingerprint density at radius 1 is 1.29 bits per heavy atom. The molecule has 3 N–H and O–H groups in total. The second kappa shape index (κ2) is 11.2. The third kappa shape index (κ3) is 7.40. The molecular formula is C21H27Cl2F3N4O. The van der Waals surface area contributed by atoms with E-state index in [0.717, 1.165) is 32.5 Å². The number of piperidine rings is 1. The molecule has 1 aliphatic heterocycles. The topological polar surface area (TPSA) is 73.4 Å². The third-order valence-corrected chi connectivity index (χ3v) is 6.22. The number of likely N-dealkylation sites (tertiary alicyclic amines) is 1. The summed E-state index contributed by atoms with van der Waals surface area (Å²) in [6, 6.07) is 4.93. The molecule has 1 heterocycles. The summed E-state index contributed by atoms with van der Waals surface area (Å²) in [6.45, 7) is 5.38. The van der Waals surface area contributed by atoms with E-state index in [-0.39, 0.29) is 6.54 Å². The van der Waals surface area contributed by atoms with Gasteiger partial charge in [0.05, 0.1) is 5.70 Å². The Hall–Kier alpha value is -1.77. The zero-order valence-electron chi connectivity index (χ0n) is 17.3. The second-order valence-corrected chi connectivity index (χ2v) is 8.42. The number of carbonyl (C=O) groups excluding carboxylic acids is 1. The summed E-state index contributed by atoms with van der Waals surface area (Å²) in [4.78, 5) is 16.6. The molecule has 0 aliphatic carbocycles. The fraction of sp³-hybridized carbons (Fsp3) is 0.524. The summed E-state index contributed by atoms with van der Waals surface area (Å²) in [5.74, 6) is -0.380. The first-order valence-electron chi connectivity index (χ1n) is 10.1. The van der Waals surface area contributed by atoms with Crippen LogP contribution < -0.4 is 5.73 Å². The number of nitrogens with one attached hydrogen (secondary N) is 1. The van der Waals surface area contributed by atoms with E-state index in [4.69, 9.17) is 34.3 Å². The van der Waals surface area contributed by atoms with Gasteiger partial charge in [-0.15, -0.1) is 0 Å². The fourth-order valence-electron chi connectivity index (χ4n) is 3.54. The number of alkyl halides is 3. The van der Waals surface area contributed by atoms with Gasteiger partial charge in [-0.2, -0.15) is 13.2 Å². The van der Waals surface area contributed by atoms with E-state index in [1.807, 2.05) is 0 Å². The van der Waals surface area contributed by atoms with Gasteiger partial charge in [0.15, 0.2) is 0 Å². The standard InChI is InChI=1S/C21H27Cl2F3N4O/c1-2-29-9-6-14(7-10-29)8-11-30(13-15-16(22)4-3-5-17(15)23)20(31)18(27)12-19(28)21(24,25)26/h3-5,12,14,28H,2,6-11,13,27H2,1H3/b18-12-,28-19?. The molecule has 0 atom stereocenters. The fourth-order valence-corrected chi connectivity index (χ4v) is 4.06. The molecule has 1 aromatic carbocycles. The molecule has 2 rings (SSSR count). The molecule has 0 radical (unpaired) electrons. The molecular weight excluding hydrogens is 452 g/mol. The number of allylic oxidation sites excluding steroid dienone is 1. The van der Waals surface area contributed by atoms with Gasteiger partial charge < -0.3 is 15.5 Å². The van der Waals surface area contributed by atoms with E-state index < -0.39 is 23.5 Å². The number of hydrogen-bond acceptors (Lipinski definition) is 4. The smallest absolute Gasteiger partial charge is 0.394 e. The van der Waals surface area contributed by atoms with Gasteiger partial charge in [0.25, 0.3) is 5.91 Å². The van der Waals surface area contributed by atoms with Crippen LogP contribution in [0.15, 0.2) is 30.0 Å². The van der Waals surface area contributed by atoms with Gasteiger partial charge in [-0.05, 0) is 63.0 Å². The monoisotopic (exact) mass is 478 g/mol. The molecule has 1 fully saturated rings. The highest BCUT2D eigenvalue weighted by atomic mass is 35.5. The van der Waals surface area contributed by atoms with E-state index >= 15 is 0 Å². The molecule has 31 heavy (non-hydrogen) atoms. The zero-order chi connectivity index (χ0) is 23.2. The van der Waals surface area contributed by atoms with Gasteiger partial charge >= 0.3 is 6.18 Å². The van der Waals surface area contributed by atoms with E-state index in [1.165, 1.54) is 4.90 Å². The molecule has 1 aromatic rings. The van der Waals surface area contributed by atoms with Crippen LogP contribution in [-0.4, -0.2) is 53.8 Å². The van der Waals surface area contributed by atoms with E-state index in [9.17, 15) is 18.0 Å². The molecule has 1 amide bonds. The number of nitrogens with two attached hydrogens (primary N) is 1. The van der Waals surface area contributed by atoms with E-state index in [0.29, 0.717) is 40.6 Å². The van der Waals surface area contributed by atoms with Crippen molar-refractivity contribution < 1.29 is 18.0 Å². The van der Waals surface area contributed by atoms with Crippen molar-refractivity contribution in [2.45, 2.75) is 38.9 Å². The van der Waals surface area contributed by atoms with Crippen molar-refractivity contribution in [3.63, 3.8) is 0 Å². The van der Waals surface area contributed by atoms with E-state index in [2.05, 4.69) is 11.8 Å². The van der Waals surface area contributed by atoms with Crippen LogP contribution in [0, 0.1) is 11.3 Å². The maximum absolute atomic E-state index is 12.9. The number of rotatable bonds is 8. The van der Waals surface area contributed by atoms with Gasteiger partial charge in [0, 0.05) is 28.7 Å². The molecule has 0 aromatic heterocycles. The molecule has 0 unspecified atom stereocenters. The Bertz CT molecular complexity index is 801. The van der Waals surface area contributed by atoms with Crippen LogP contribution in [0.2, 0.25) is 10.0 Å². The van der Waals surface area contributed by atoms with Gasteiger partial charge in [-0.1, -0.05) is 36.2 Å². The third-order valence-electron chi connectivity index (χ3n) is 5.51. The predicted octanol–water partition coefficient (Wildman–Crippen LogP) is 4.87. The van der Waals surface area contributed by atoms with Crippen LogP contribution >= 0.6 is 23.2 Å². The van der Waals surface area contributed by atoms with Crippen molar-refractivity contribution in [3.05, 3.63) is 45.6 Å². The Labute approximate surface area is 190 Å². The van der Waals surface area contributed by atoms with Crippen molar-refractivity contribution in [1.29, 1.82) is 5.41 Å². The van der Waals surface area contributed by atoms with Crippen molar-refractivity contribution in [3.8, 4) is 0 Å². The molecule has 1 saturated heterocycles. The summed E-state index contributed by atoms with van der Waals surface area (Å²) in [5, 5.41) is 7.80. The maximum Gasteiger partial charge on any atom is 0.432 e. The first-order valence-corrected chi connectivity index (χ1v) is 10.9. The van der Waals surface area contributed by atoms with Gasteiger partial charge in [-0.25, -0.2) is 0 Å². The first-order chi connectivity index (χ1) is 14.5. The Morgan fingerprint density at radius 2 is 1.87 bits per heavy atom. The number of halogens is 5. The highest BCUT2D eigenvalue weighted by Gasteiger charge is 2.34. The van der Waals surface area contributed by atoms with Crippen LogP contribution in [-0.2, 0) is 11.3 Å². The second-order valence-electron chi connectivity index (χ2n) is 7.60. The highest BCUT2D eigenvalue weighted by Crippen LogP contribution is 2.27. The lowest BCUT2D eigenvalue weighted by Crippen LogP contribution is -2.38. The molecule has 172 valence electrons. The number of carbonyl (C=O) groups is 1. The van der Waals surface area contributed by atoms with Crippen LogP contribution in [0.5, 0.6) is 0 Å². The van der Waals surface area contributed by atoms with Crippen LogP contribution in [0.4, 0.5) is 13.2 Å². The van der Waals surface area contributed by atoms with Crippen LogP contribution in [0.3, 0.4) is 0 Å². The normalized spacial score (nSPS) is 16.4. The van der Waals surface area contributed by atoms with Gasteiger partial charge in [0.1, 0.15) is 5.71 Å². The van der Waals surface area contributed by atoms with Gasteiger partial charge in [-0.3, -0.25) is 10.2 Å². The maximum atomic E-state index is 12.9. The average Bonchev–Trinajstić information content (AvgIpc) is 2.72. The number of hydrogen-bond donors (Lipinski definition) is 2. The molecule has 0 bridgehead atoms. The lowest BCUT2D eigenvalue weighted by molar-refractivity contribution is -0.128. The molecule has 10 heteroatoms. The Morgan fingerprint density at radius 3 is 2.39 bits per heavy atom. The van der Waals surface area contributed by atoms with Crippen LogP contribution in [0.1, 0.15) is 31.7 Å². The Balaban J connectivity index is 2.18. The largest absolute Gasteiger partial charge is 0.432 e. The average molecular weight is 479 g/mol. The lowest BCUT2D eigenvalue weighted by Gasteiger charge is -2.32.